The Labute approximate surface area is 162 Å². The molecule has 0 spiro atoms. The molecule has 6 heteroatoms. The first kappa shape index (κ1) is 19.6. The molecule has 0 saturated heterocycles. The van der Waals surface area contributed by atoms with Crippen LogP contribution in [0.5, 0.6) is 11.5 Å². The van der Waals surface area contributed by atoms with E-state index in [9.17, 15) is 13.9 Å². The summed E-state index contributed by atoms with van der Waals surface area (Å²) in [5.74, 6) is -4.52. The summed E-state index contributed by atoms with van der Waals surface area (Å²) in [6, 6.07) is 2.08. The second-order valence-electron chi connectivity index (χ2n) is 9.02. The molecular weight excluding hydrogens is 372 g/mol. The molecule has 0 radical (unpaired) electrons. The number of fused-ring (bicyclic) bond motifs is 2. The van der Waals surface area contributed by atoms with Crippen molar-refractivity contribution in [2.24, 2.45) is 22.7 Å². The van der Waals surface area contributed by atoms with Crippen molar-refractivity contribution in [1.82, 2.24) is 0 Å². The third-order valence-corrected chi connectivity index (χ3v) is 7.52. The van der Waals surface area contributed by atoms with Crippen molar-refractivity contribution >= 4 is 0 Å². The minimum absolute atomic E-state index is 0.178. The highest BCUT2D eigenvalue weighted by Crippen LogP contribution is 2.65. The standard InChI is InChI=1S/C22H26F4O2/c1-13-2-4-14(5-3-13)22-10-8-21(9-11-22,19(25)20(22)26)12-28-16-7-6-15(27)17(23)18(16)24/h6-7,13-14,27H,2-5,8-12H2,1H3. The lowest BCUT2D eigenvalue weighted by molar-refractivity contribution is -0.0309. The fraction of sp³-hybridized carbons (Fsp3) is 0.636. The Morgan fingerprint density at radius 2 is 1.57 bits per heavy atom. The van der Waals surface area contributed by atoms with E-state index in [1.54, 1.807) is 0 Å². The van der Waals surface area contributed by atoms with E-state index < -0.39 is 45.6 Å². The zero-order valence-electron chi connectivity index (χ0n) is 16.0. The molecule has 0 aliphatic heterocycles. The van der Waals surface area contributed by atoms with Gasteiger partial charge in [0.1, 0.15) is 18.3 Å². The average molecular weight is 398 g/mol. The van der Waals surface area contributed by atoms with Crippen LogP contribution in [0.2, 0.25) is 0 Å². The van der Waals surface area contributed by atoms with Crippen molar-refractivity contribution in [2.45, 2.75) is 58.3 Å². The van der Waals surface area contributed by atoms with Crippen LogP contribution < -0.4 is 4.74 Å². The fourth-order valence-corrected chi connectivity index (χ4v) is 5.52. The van der Waals surface area contributed by atoms with E-state index in [1.165, 1.54) is 0 Å². The highest BCUT2D eigenvalue weighted by molar-refractivity contribution is 5.35. The van der Waals surface area contributed by atoms with Crippen LogP contribution in [0.1, 0.15) is 58.3 Å². The van der Waals surface area contributed by atoms with Gasteiger partial charge in [-0.1, -0.05) is 19.8 Å². The van der Waals surface area contributed by atoms with Crippen LogP contribution in [-0.4, -0.2) is 11.7 Å². The topological polar surface area (TPSA) is 29.5 Å². The fourth-order valence-electron chi connectivity index (χ4n) is 5.52. The Balaban J connectivity index is 1.55. The molecule has 1 aromatic rings. The van der Waals surface area contributed by atoms with E-state index >= 15 is 8.78 Å². The summed E-state index contributed by atoms with van der Waals surface area (Å²) < 4.78 is 63.2. The van der Waals surface area contributed by atoms with Crippen molar-refractivity contribution < 1.29 is 27.4 Å². The van der Waals surface area contributed by atoms with E-state index in [2.05, 4.69) is 6.92 Å². The molecule has 2 bridgehead atoms. The largest absolute Gasteiger partial charge is 0.505 e. The molecule has 4 aliphatic carbocycles. The highest BCUT2D eigenvalue weighted by Gasteiger charge is 2.58. The van der Waals surface area contributed by atoms with Gasteiger partial charge < -0.3 is 9.84 Å². The first-order valence-electron chi connectivity index (χ1n) is 10.1. The minimum Gasteiger partial charge on any atom is -0.505 e. The van der Waals surface area contributed by atoms with Crippen LogP contribution in [0, 0.1) is 34.3 Å². The molecule has 0 atom stereocenters. The van der Waals surface area contributed by atoms with Gasteiger partial charge in [-0.25, -0.2) is 8.78 Å². The van der Waals surface area contributed by atoms with Gasteiger partial charge in [0, 0.05) is 5.41 Å². The predicted molar refractivity (Wildman–Crippen MR) is 97.2 cm³/mol. The van der Waals surface area contributed by atoms with Crippen molar-refractivity contribution in [3.05, 3.63) is 35.4 Å². The molecule has 5 rings (SSSR count). The minimum atomic E-state index is -1.41. The van der Waals surface area contributed by atoms with Crippen LogP contribution in [0.15, 0.2) is 23.8 Å². The van der Waals surface area contributed by atoms with Crippen molar-refractivity contribution in [2.75, 3.05) is 6.61 Å². The molecule has 4 aliphatic rings. The lowest BCUT2D eigenvalue weighted by atomic mass is 9.51. The molecule has 0 amide bonds. The molecule has 2 nitrogen and oxygen atoms in total. The predicted octanol–water partition coefficient (Wildman–Crippen LogP) is 6.59. The number of benzene rings is 1. The molecule has 1 N–H and O–H groups in total. The number of hydrogen-bond donors (Lipinski definition) is 1. The number of aromatic hydroxyl groups is 1. The zero-order chi connectivity index (χ0) is 20.1. The molecule has 2 saturated carbocycles. The molecule has 1 aromatic carbocycles. The summed E-state index contributed by atoms with van der Waals surface area (Å²) in [5, 5.41) is 9.20. The van der Waals surface area contributed by atoms with Gasteiger partial charge in [0.05, 0.1) is 5.41 Å². The number of phenols is 1. The van der Waals surface area contributed by atoms with Gasteiger partial charge in [0.2, 0.25) is 11.6 Å². The number of ether oxygens (including phenoxy) is 1. The zero-order valence-corrected chi connectivity index (χ0v) is 16.0. The Morgan fingerprint density at radius 3 is 2.21 bits per heavy atom. The van der Waals surface area contributed by atoms with Crippen LogP contribution in [0.4, 0.5) is 17.6 Å². The van der Waals surface area contributed by atoms with Crippen LogP contribution in [-0.2, 0) is 0 Å². The van der Waals surface area contributed by atoms with Gasteiger partial charge >= 0.3 is 0 Å². The van der Waals surface area contributed by atoms with E-state index in [-0.39, 0.29) is 12.5 Å². The van der Waals surface area contributed by atoms with Gasteiger partial charge in [-0.2, -0.15) is 8.78 Å². The Kier molecular flexibility index (Phi) is 4.87. The van der Waals surface area contributed by atoms with Gasteiger partial charge in [0.15, 0.2) is 11.5 Å². The van der Waals surface area contributed by atoms with Gasteiger partial charge in [-0.3, -0.25) is 0 Å². The second kappa shape index (κ2) is 6.96. The molecular formula is C22H26F4O2. The normalized spacial score (nSPS) is 35.3. The van der Waals surface area contributed by atoms with Crippen molar-refractivity contribution in [1.29, 1.82) is 0 Å². The van der Waals surface area contributed by atoms with Crippen LogP contribution in [0.3, 0.4) is 0 Å². The highest BCUT2D eigenvalue weighted by atomic mass is 19.2. The van der Waals surface area contributed by atoms with Crippen LogP contribution >= 0.6 is 0 Å². The number of phenolic OH excluding ortho intramolecular Hbond substituents is 1. The van der Waals surface area contributed by atoms with Crippen molar-refractivity contribution in [3.63, 3.8) is 0 Å². The molecule has 2 fully saturated rings. The van der Waals surface area contributed by atoms with E-state index in [0.717, 1.165) is 37.8 Å². The summed E-state index contributed by atoms with van der Waals surface area (Å²) in [6.07, 6.45) is 6.01. The van der Waals surface area contributed by atoms with Gasteiger partial charge in [-0.05, 0) is 62.5 Å². The number of hydrogen-bond acceptors (Lipinski definition) is 2. The molecule has 0 heterocycles. The third-order valence-electron chi connectivity index (χ3n) is 7.52. The van der Waals surface area contributed by atoms with Crippen molar-refractivity contribution in [3.8, 4) is 11.5 Å². The summed E-state index contributed by atoms with van der Waals surface area (Å²) in [4.78, 5) is 0. The summed E-state index contributed by atoms with van der Waals surface area (Å²) >= 11 is 0. The van der Waals surface area contributed by atoms with Crippen LogP contribution in [0.25, 0.3) is 0 Å². The maximum absolute atomic E-state index is 15.3. The lowest BCUT2D eigenvalue weighted by Crippen LogP contribution is -2.49. The van der Waals surface area contributed by atoms with E-state index in [0.29, 0.717) is 31.6 Å². The monoisotopic (exact) mass is 398 g/mol. The van der Waals surface area contributed by atoms with E-state index in [4.69, 9.17) is 4.74 Å². The summed E-state index contributed by atoms with van der Waals surface area (Å²) in [7, 11) is 0. The summed E-state index contributed by atoms with van der Waals surface area (Å²) in [6.45, 7) is 1.96. The quantitative estimate of drug-likeness (QED) is 0.580. The molecule has 0 aromatic heterocycles. The number of halogens is 4. The Morgan fingerprint density at radius 1 is 0.929 bits per heavy atom. The molecule has 28 heavy (non-hydrogen) atoms. The van der Waals surface area contributed by atoms with Gasteiger partial charge in [-0.15, -0.1) is 0 Å². The molecule has 154 valence electrons. The van der Waals surface area contributed by atoms with E-state index in [1.807, 2.05) is 0 Å². The lowest BCUT2D eigenvalue weighted by Gasteiger charge is -2.54. The molecule has 0 unspecified atom stereocenters. The maximum atomic E-state index is 15.3. The smallest absolute Gasteiger partial charge is 0.204 e. The Hall–Kier alpha value is -1.72. The number of allylic oxidation sites excluding steroid dienone is 1. The summed E-state index contributed by atoms with van der Waals surface area (Å²) in [5.41, 5.74) is -1.81. The van der Waals surface area contributed by atoms with Gasteiger partial charge in [0.25, 0.3) is 0 Å². The second-order valence-corrected chi connectivity index (χ2v) is 9.02. The maximum Gasteiger partial charge on any atom is 0.204 e. The first-order valence-corrected chi connectivity index (χ1v) is 10.1. The first-order chi connectivity index (χ1) is 13.3. The average Bonchev–Trinajstić information content (AvgIpc) is 2.70. The number of rotatable bonds is 4. The Bertz CT molecular complexity index is 788. The SMILES string of the molecule is CC1CCC(C23CCC(COc4ccc(O)c(F)c4F)(CC2)C(F)=C3F)CC1. The third kappa shape index (κ3) is 2.91.